The van der Waals surface area contributed by atoms with E-state index in [2.05, 4.69) is 82.3 Å². The standard InChI is InChI=1S/C21H22/c1-14-15(2)17(4)21(16(14)3)20-12-10-19(11-13-20)18-8-6-5-7-9-18/h5-14H,1-4H3. The van der Waals surface area contributed by atoms with E-state index < -0.39 is 0 Å². The van der Waals surface area contributed by atoms with Crippen LogP contribution in [0.15, 0.2) is 71.3 Å². The van der Waals surface area contributed by atoms with Gasteiger partial charge < -0.3 is 0 Å². The molecule has 21 heavy (non-hydrogen) atoms. The lowest BCUT2D eigenvalue weighted by Crippen LogP contribution is -1.92. The van der Waals surface area contributed by atoms with E-state index in [0.717, 1.165) is 0 Å². The Morgan fingerprint density at radius 2 is 1.14 bits per heavy atom. The van der Waals surface area contributed by atoms with Crippen LogP contribution in [0.3, 0.4) is 0 Å². The topological polar surface area (TPSA) is 0 Å². The first-order chi connectivity index (χ1) is 10.1. The smallest absolute Gasteiger partial charge is 0.00117 e. The third kappa shape index (κ3) is 2.35. The Bertz CT molecular complexity index is 712. The van der Waals surface area contributed by atoms with Gasteiger partial charge in [-0.05, 0) is 54.5 Å². The monoisotopic (exact) mass is 274 g/mol. The number of allylic oxidation sites excluding steroid dienone is 4. The molecule has 0 N–H and O–H groups in total. The van der Waals surface area contributed by atoms with Crippen molar-refractivity contribution in [1.82, 2.24) is 0 Å². The Kier molecular flexibility index (Phi) is 3.55. The van der Waals surface area contributed by atoms with Gasteiger partial charge >= 0.3 is 0 Å². The van der Waals surface area contributed by atoms with Crippen LogP contribution in [0.2, 0.25) is 0 Å². The second-order valence-electron chi connectivity index (χ2n) is 6.03. The van der Waals surface area contributed by atoms with Crippen molar-refractivity contribution in [3.8, 4) is 11.1 Å². The molecule has 1 aliphatic rings. The Balaban J connectivity index is 2.00. The second-order valence-corrected chi connectivity index (χ2v) is 6.03. The summed E-state index contributed by atoms with van der Waals surface area (Å²) in [7, 11) is 0. The summed E-state index contributed by atoms with van der Waals surface area (Å²) in [6.45, 7) is 9.09. The summed E-state index contributed by atoms with van der Waals surface area (Å²) < 4.78 is 0. The van der Waals surface area contributed by atoms with Crippen LogP contribution in [0.1, 0.15) is 33.3 Å². The minimum Gasteiger partial charge on any atom is -0.0629 e. The zero-order valence-corrected chi connectivity index (χ0v) is 13.3. The summed E-state index contributed by atoms with van der Waals surface area (Å²) in [5.74, 6) is 0.578. The van der Waals surface area contributed by atoms with Crippen molar-refractivity contribution in [2.45, 2.75) is 27.7 Å². The molecule has 0 nitrogen and oxygen atoms in total. The van der Waals surface area contributed by atoms with Gasteiger partial charge in [-0.3, -0.25) is 0 Å². The van der Waals surface area contributed by atoms with Gasteiger partial charge in [-0.2, -0.15) is 0 Å². The normalized spacial score (nSPS) is 18.6. The summed E-state index contributed by atoms with van der Waals surface area (Å²) >= 11 is 0. The first kappa shape index (κ1) is 13.9. The van der Waals surface area contributed by atoms with Gasteiger partial charge in [-0.1, -0.05) is 72.7 Å². The quantitative estimate of drug-likeness (QED) is 0.619. The maximum Gasteiger partial charge on any atom is -0.00117 e. The summed E-state index contributed by atoms with van der Waals surface area (Å²) in [5, 5.41) is 0. The first-order valence-electron chi connectivity index (χ1n) is 7.64. The fourth-order valence-corrected chi connectivity index (χ4v) is 3.26. The SMILES string of the molecule is CC1=C(C)C(C)C(C)=C1c1ccc(-c2ccccc2)cc1. The predicted molar refractivity (Wildman–Crippen MR) is 92.0 cm³/mol. The third-order valence-corrected chi connectivity index (χ3v) is 4.94. The second kappa shape index (κ2) is 5.37. The van der Waals surface area contributed by atoms with Crippen molar-refractivity contribution in [1.29, 1.82) is 0 Å². The van der Waals surface area contributed by atoms with Gasteiger partial charge in [0.05, 0.1) is 0 Å². The lowest BCUT2D eigenvalue weighted by Gasteiger charge is -2.10. The van der Waals surface area contributed by atoms with Gasteiger partial charge in [0.25, 0.3) is 0 Å². The zero-order valence-electron chi connectivity index (χ0n) is 13.3. The van der Waals surface area contributed by atoms with Crippen molar-refractivity contribution in [3.05, 3.63) is 76.9 Å². The van der Waals surface area contributed by atoms with E-state index in [9.17, 15) is 0 Å². The zero-order chi connectivity index (χ0) is 15.0. The summed E-state index contributed by atoms with van der Waals surface area (Å²) in [6.07, 6.45) is 0. The third-order valence-electron chi connectivity index (χ3n) is 4.94. The van der Waals surface area contributed by atoms with Gasteiger partial charge in [-0.25, -0.2) is 0 Å². The van der Waals surface area contributed by atoms with E-state index >= 15 is 0 Å². The number of hydrogen-bond donors (Lipinski definition) is 0. The maximum absolute atomic E-state index is 2.31. The molecular formula is C21H22. The lowest BCUT2D eigenvalue weighted by molar-refractivity contribution is 0.818. The van der Waals surface area contributed by atoms with Crippen LogP contribution in [0.5, 0.6) is 0 Å². The molecule has 0 spiro atoms. The first-order valence-corrected chi connectivity index (χ1v) is 7.64. The molecule has 0 heterocycles. The van der Waals surface area contributed by atoms with Gasteiger partial charge in [0, 0.05) is 0 Å². The van der Waals surface area contributed by atoms with Crippen LogP contribution in [0.25, 0.3) is 16.7 Å². The molecule has 1 atom stereocenters. The average Bonchev–Trinajstić information content (AvgIpc) is 2.72. The number of hydrogen-bond acceptors (Lipinski definition) is 0. The molecule has 0 radical (unpaired) electrons. The molecule has 0 fully saturated rings. The molecule has 0 saturated heterocycles. The highest BCUT2D eigenvalue weighted by molar-refractivity contribution is 5.86. The van der Waals surface area contributed by atoms with Crippen molar-refractivity contribution in [2.24, 2.45) is 5.92 Å². The number of rotatable bonds is 2. The van der Waals surface area contributed by atoms with Crippen LogP contribution in [-0.4, -0.2) is 0 Å². The molecule has 0 amide bonds. The Hall–Kier alpha value is -2.08. The average molecular weight is 274 g/mol. The summed E-state index contributed by atoms with van der Waals surface area (Å²) in [5.41, 5.74) is 9.80. The molecule has 0 aromatic heterocycles. The molecule has 106 valence electrons. The largest absolute Gasteiger partial charge is 0.0629 e. The number of benzene rings is 2. The van der Waals surface area contributed by atoms with Crippen molar-refractivity contribution in [3.63, 3.8) is 0 Å². The molecule has 2 aromatic carbocycles. The van der Waals surface area contributed by atoms with E-state index in [1.54, 1.807) is 0 Å². The highest BCUT2D eigenvalue weighted by atomic mass is 14.3. The van der Waals surface area contributed by atoms with Crippen LogP contribution < -0.4 is 0 Å². The molecule has 0 aliphatic heterocycles. The predicted octanol–water partition coefficient (Wildman–Crippen LogP) is 6.11. The van der Waals surface area contributed by atoms with Gasteiger partial charge in [0.1, 0.15) is 0 Å². The van der Waals surface area contributed by atoms with E-state index in [1.165, 1.54) is 39.0 Å². The van der Waals surface area contributed by atoms with Gasteiger partial charge in [0.15, 0.2) is 0 Å². The van der Waals surface area contributed by atoms with Gasteiger partial charge in [0.2, 0.25) is 0 Å². The molecule has 0 heteroatoms. The van der Waals surface area contributed by atoms with Crippen molar-refractivity contribution >= 4 is 5.57 Å². The lowest BCUT2D eigenvalue weighted by atomic mass is 9.95. The molecule has 3 rings (SSSR count). The molecule has 1 unspecified atom stereocenters. The fraction of sp³-hybridized carbons (Fsp3) is 0.238. The van der Waals surface area contributed by atoms with E-state index in [1.807, 2.05) is 0 Å². The van der Waals surface area contributed by atoms with Crippen LogP contribution >= 0.6 is 0 Å². The molecule has 2 aromatic rings. The summed E-state index contributed by atoms with van der Waals surface area (Å²) in [4.78, 5) is 0. The van der Waals surface area contributed by atoms with E-state index in [-0.39, 0.29) is 0 Å². The maximum atomic E-state index is 2.31. The Morgan fingerprint density at radius 3 is 1.67 bits per heavy atom. The molecule has 0 saturated carbocycles. The minimum absolute atomic E-state index is 0.578. The Morgan fingerprint density at radius 1 is 0.619 bits per heavy atom. The van der Waals surface area contributed by atoms with E-state index in [4.69, 9.17) is 0 Å². The summed E-state index contributed by atoms with van der Waals surface area (Å²) in [6, 6.07) is 19.5. The van der Waals surface area contributed by atoms with E-state index in [0.29, 0.717) is 5.92 Å². The van der Waals surface area contributed by atoms with Crippen LogP contribution in [0, 0.1) is 5.92 Å². The molecule has 1 aliphatic carbocycles. The molecular weight excluding hydrogens is 252 g/mol. The Labute approximate surface area is 127 Å². The van der Waals surface area contributed by atoms with Crippen LogP contribution in [-0.2, 0) is 0 Å². The van der Waals surface area contributed by atoms with Gasteiger partial charge in [-0.15, -0.1) is 0 Å². The highest BCUT2D eigenvalue weighted by Crippen LogP contribution is 2.42. The van der Waals surface area contributed by atoms with Crippen molar-refractivity contribution in [2.75, 3.05) is 0 Å². The fourth-order valence-electron chi connectivity index (χ4n) is 3.26. The minimum atomic E-state index is 0.578. The molecule has 0 bridgehead atoms. The van der Waals surface area contributed by atoms with Crippen molar-refractivity contribution < 1.29 is 0 Å². The highest BCUT2D eigenvalue weighted by Gasteiger charge is 2.23. The van der Waals surface area contributed by atoms with Crippen LogP contribution in [0.4, 0.5) is 0 Å².